The quantitative estimate of drug-likeness (QED) is 0.756. The molecule has 0 spiro atoms. The average molecular weight is 331 g/mol. The maximum Gasteiger partial charge on any atom is 0.235 e. The Morgan fingerprint density at radius 2 is 1.86 bits per heavy atom. The van der Waals surface area contributed by atoms with Crippen LogP contribution in [0.4, 0.5) is 0 Å². The summed E-state index contributed by atoms with van der Waals surface area (Å²) in [6.45, 7) is 10.3. The van der Waals surface area contributed by atoms with Crippen molar-refractivity contribution in [3.05, 3.63) is 0 Å². The average Bonchev–Trinajstić information content (AvgIpc) is 2.58. The van der Waals surface area contributed by atoms with Crippen molar-refractivity contribution >= 4 is 34.9 Å². The van der Waals surface area contributed by atoms with E-state index in [1.807, 2.05) is 16.7 Å². The van der Waals surface area contributed by atoms with Crippen molar-refractivity contribution in [3.63, 3.8) is 0 Å². The van der Waals surface area contributed by atoms with Crippen molar-refractivity contribution < 1.29 is 4.79 Å². The van der Waals surface area contributed by atoms with Gasteiger partial charge in [0, 0.05) is 23.6 Å². The van der Waals surface area contributed by atoms with Gasteiger partial charge in [-0.2, -0.15) is 11.8 Å². The molecule has 0 aromatic carbocycles. The second-order valence-corrected chi connectivity index (χ2v) is 8.84. The molecule has 1 aliphatic rings. The summed E-state index contributed by atoms with van der Waals surface area (Å²) in [5, 5.41) is 0. The molecule has 0 aromatic rings. The highest BCUT2D eigenvalue weighted by molar-refractivity contribution is 8.00. The van der Waals surface area contributed by atoms with Gasteiger partial charge >= 0.3 is 0 Å². The number of rotatable bonds is 6. The van der Waals surface area contributed by atoms with Crippen LogP contribution in [0.2, 0.25) is 0 Å². The van der Waals surface area contributed by atoms with Gasteiger partial charge < -0.3 is 10.6 Å². The monoisotopic (exact) mass is 330 g/mol. The van der Waals surface area contributed by atoms with Crippen LogP contribution in [0, 0.1) is 5.41 Å². The lowest BCUT2D eigenvalue weighted by Gasteiger charge is -2.36. The molecule has 1 fully saturated rings. The summed E-state index contributed by atoms with van der Waals surface area (Å²) in [5.74, 6) is 1.15. The minimum atomic E-state index is -0.627. The van der Waals surface area contributed by atoms with Gasteiger partial charge in [0.25, 0.3) is 0 Å². The molecule has 122 valence electrons. The molecule has 3 nitrogen and oxygen atoms in total. The molecule has 0 bridgehead atoms. The van der Waals surface area contributed by atoms with Gasteiger partial charge in [0.15, 0.2) is 0 Å². The Morgan fingerprint density at radius 1 is 1.29 bits per heavy atom. The minimum Gasteiger partial charge on any atom is -0.392 e. The first kappa shape index (κ1) is 18.8. The molecule has 0 atom stereocenters. The topological polar surface area (TPSA) is 46.3 Å². The van der Waals surface area contributed by atoms with Crippen LogP contribution in [0.15, 0.2) is 0 Å². The molecule has 1 aliphatic heterocycles. The maximum absolute atomic E-state index is 13.2. The molecule has 0 unspecified atom stereocenters. The largest absolute Gasteiger partial charge is 0.392 e. The molecule has 0 saturated carbocycles. The lowest BCUT2D eigenvalue weighted by atomic mass is 9.77. The Morgan fingerprint density at radius 3 is 2.33 bits per heavy atom. The number of nitrogens with zero attached hydrogens (tertiary/aromatic N) is 1. The Bertz CT molecular complexity index is 376. The zero-order valence-corrected chi connectivity index (χ0v) is 15.5. The van der Waals surface area contributed by atoms with Gasteiger partial charge in [-0.1, -0.05) is 52.8 Å². The smallest absolute Gasteiger partial charge is 0.235 e. The molecule has 0 radical (unpaired) electrons. The van der Waals surface area contributed by atoms with Crippen molar-refractivity contribution in [3.8, 4) is 0 Å². The molecular weight excluding hydrogens is 300 g/mol. The molecule has 1 saturated heterocycles. The molecule has 5 heteroatoms. The number of thiocarbonyl (C=S) groups is 1. The van der Waals surface area contributed by atoms with Crippen LogP contribution in [-0.2, 0) is 4.79 Å². The molecule has 0 aliphatic carbocycles. The van der Waals surface area contributed by atoms with E-state index in [-0.39, 0.29) is 10.7 Å². The zero-order valence-electron chi connectivity index (χ0n) is 13.9. The second-order valence-electron chi connectivity index (χ2n) is 6.60. The fraction of sp³-hybridized carbons (Fsp3) is 0.875. The van der Waals surface area contributed by atoms with Crippen molar-refractivity contribution in [1.29, 1.82) is 0 Å². The summed E-state index contributed by atoms with van der Waals surface area (Å²) >= 11 is 7.26. The molecule has 0 aromatic heterocycles. The van der Waals surface area contributed by atoms with Crippen LogP contribution in [0.1, 0.15) is 59.8 Å². The van der Waals surface area contributed by atoms with E-state index in [9.17, 15) is 4.79 Å². The van der Waals surface area contributed by atoms with Crippen LogP contribution in [0.3, 0.4) is 0 Å². The fourth-order valence-electron chi connectivity index (χ4n) is 3.07. The Kier molecular flexibility index (Phi) is 6.98. The van der Waals surface area contributed by atoms with Gasteiger partial charge in [0.05, 0.1) is 10.4 Å². The summed E-state index contributed by atoms with van der Waals surface area (Å²) in [6.07, 6.45) is 4.41. The molecular formula is C16H30N2OS2. The summed E-state index contributed by atoms with van der Waals surface area (Å²) in [4.78, 5) is 15.5. The Labute approximate surface area is 139 Å². The van der Waals surface area contributed by atoms with Crippen molar-refractivity contribution in [2.75, 3.05) is 18.8 Å². The van der Waals surface area contributed by atoms with Crippen LogP contribution in [0.5, 0.6) is 0 Å². The van der Waals surface area contributed by atoms with E-state index < -0.39 is 5.41 Å². The first-order chi connectivity index (χ1) is 9.79. The Balaban J connectivity index is 2.96. The highest BCUT2D eigenvalue weighted by atomic mass is 32.2. The third-order valence-electron chi connectivity index (χ3n) is 4.36. The van der Waals surface area contributed by atoms with Crippen molar-refractivity contribution in [1.82, 2.24) is 4.90 Å². The van der Waals surface area contributed by atoms with Crippen LogP contribution in [0.25, 0.3) is 0 Å². The third kappa shape index (κ3) is 4.59. The van der Waals surface area contributed by atoms with E-state index >= 15 is 0 Å². The highest BCUT2D eigenvalue weighted by Gasteiger charge is 2.43. The fourth-order valence-corrected chi connectivity index (χ4v) is 4.46. The van der Waals surface area contributed by atoms with Crippen molar-refractivity contribution in [2.45, 2.75) is 64.5 Å². The van der Waals surface area contributed by atoms with Crippen LogP contribution < -0.4 is 5.73 Å². The predicted octanol–water partition coefficient (Wildman–Crippen LogP) is 3.60. The van der Waals surface area contributed by atoms with E-state index in [0.29, 0.717) is 4.99 Å². The van der Waals surface area contributed by atoms with E-state index in [4.69, 9.17) is 18.0 Å². The van der Waals surface area contributed by atoms with E-state index in [2.05, 4.69) is 27.7 Å². The molecule has 1 amide bonds. The predicted molar refractivity (Wildman–Crippen MR) is 96.8 cm³/mol. The minimum absolute atomic E-state index is 0.164. The standard InChI is InChI=1S/C16H30N2OS2/c1-5-7-16(8-6-2,13(17)20)14(19)18-10-9-15(3,4)21-12-11-18/h5-12H2,1-4H3,(H2,17,20). The maximum atomic E-state index is 13.2. The SMILES string of the molecule is CCCC(CCC)(C(=O)N1CCSC(C)(C)CC1)C(N)=S. The van der Waals surface area contributed by atoms with Gasteiger partial charge in [-0.3, -0.25) is 4.79 Å². The molecule has 2 N–H and O–H groups in total. The lowest BCUT2D eigenvalue weighted by molar-refractivity contribution is -0.138. The molecule has 21 heavy (non-hydrogen) atoms. The normalized spacial score (nSPS) is 19.1. The van der Waals surface area contributed by atoms with Crippen molar-refractivity contribution in [2.24, 2.45) is 11.1 Å². The van der Waals surface area contributed by atoms with E-state index in [1.165, 1.54) is 0 Å². The van der Waals surface area contributed by atoms with Gasteiger partial charge in [-0.15, -0.1) is 0 Å². The Hall–Kier alpha value is -0.290. The number of nitrogens with two attached hydrogens (primary N) is 1. The van der Waals surface area contributed by atoms with Crippen LogP contribution in [-0.4, -0.2) is 39.4 Å². The summed E-state index contributed by atoms with van der Waals surface area (Å²) in [7, 11) is 0. The third-order valence-corrected chi connectivity index (χ3v) is 6.12. The zero-order chi connectivity index (χ0) is 16.1. The number of hydrogen-bond acceptors (Lipinski definition) is 3. The van der Waals surface area contributed by atoms with Gasteiger partial charge in [-0.05, 0) is 19.3 Å². The highest BCUT2D eigenvalue weighted by Crippen LogP contribution is 2.36. The first-order valence-electron chi connectivity index (χ1n) is 8.02. The number of amides is 1. The molecule has 1 heterocycles. The summed E-state index contributed by atoms with van der Waals surface area (Å²) in [5.41, 5.74) is 5.40. The first-order valence-corrected chi connectivity index (χ1v) is 9.41. The number of carbonyl (C=O) groups excluding carboxylic acids is 1. The summed E-state index contributed by atoms with van der Waals surface area (Å²) in [6, 6.07) is 0. The lowest BCUT2D eigenvalue weighted by Crippen LogP contribution is -2.51. The number of thioether (sulfide) groups is 1. The molecule has 1 rings (SSSR count). The summed E-state index contributed by atoms with van der Waals surface area (Å²) < 4.78 is 0.246. The van der Waals surface area contributed by atoms with E-state index in [0.717, 1.165) is 50.9 Å². The van der Waals surface area contributed by atoms with Gasteiger partial charge in [0.2, 0.25) is 5.91 Å². The number of carbonyl (C=O) groups is 1. The van der Waals surface area contributed by atoms with E-state index in [1.54, 1.807) is 0 Å². The van der Waals surface area contributed by atoms with Crippen LogP contribution >= 0.6 is 24.0 Å². The second kappa shape index (κ2) is 7.82. The van der Waals surface area contributed by atoms with Gasteiger partial charge in [0.1, 0.15) is 0 Å². The number of hydrogen-bond donors (Lipinski definition) is 1. The van der Waals surface area contributed by atoms with Gasteiger partial charge in [-0.25, -0.2) is 0 Å².